The number of rotatable bonds is 9. The quantitative estimate of drug-likeness (QED) is 0.135. The molecule has 4 aromatic heterocycles. The van der Waals surface area contributed by atoms with E-state index in [1.165, 1.54) is 41.2 Å². The van der Waals surface area contributed by atoms with Gasteiger partial charge in [-0.25, -0.2) is 0 Å². The molecule has 0 radical (unpaired) electrons. The number of para-hydroxylation sites is 3. The Bertz CT molecular complexity index is 4280. The summed E-state index contributed by atoms with van der Waals surface area (Å²) in [5.74, 6) is 1.80. The van der Waals surface area contributed by atoms with Crippen molar-refractivity contribution in [1.29, 1.82) is 0 Å². The Morgan fingerprint density at radius 1 is 0.615 bits per heavy atom. The summed E-state index contributed by atoms with van der Waals surface area (Å²) in [5, 5.41) is 1.67. The molecule has 0 aliphatic heterocycles. The van der Waals surface area contributed by atoms with Gasteiger partial charge in [-0.2, -0.15) is 0 Å². The maximum absolute atomic E-state index is 8.98. The van der Waals surface area contributed by atoms with Crippen LogP contribution in [-0.2, 0) is 26.5 Å². The zero-order valence-corrected chi connectivity index (χ0v) is 47.1. The molecule has 4 heterocycles. The zero-order chi connectivity index (χ0) is 61.3. The van der Waals surface area contributed by atoms with Crippen LogP contribution in [0.3, 0.4) is 0 Å². The third-order valence-electron chi connectivity index (χ3n) is 13.2. The summed E-state index contributed by atoms with van der Waals surface area (Å²) in [6.45, 7) is 8.64. The Hall–Kier alpha value is -8.02. The van der Waals surface area contributed by atoms with Gasteiger partial charge in [0.1, 0.15) is 5.58 Å². The molecule has 0 saturated heterocycles. The summed E-state index contributed by atoms with van der Waals surface area (Å²) in [6, 6.07) is 69.7. The summed E-state index contributed by atoms with van der Waals surface area (Å²) in [7, 11) is 0. The summed E-state index contributed by atoms with van der Waals surface area (Å²) >= 11 is 0. The van der Waals surface area contributed by atoms with Gasteiger partial charge >= 0.3 is 20.1 Å². The first-order chi connectivity index (χ1) is 40.9. The van der Waals surface area contributed by atoms with Crippen LogP contribution in [0.1, 0.15) is 100 Å². The van der Waals surface area contributed by atoms with Crippen LogP contribution >= 0.6 is 0 Å². The number of aryl methyl sites for hydroxylation is 2. The molecule has 0 bridgehead atoms. The fraction of sp³-hybridized carbons (Fsp3) is 0.181. The predicted molar refractivity (Wildman–Crippen MR) is 321 cm³/mol. The molecule has 0 unspecified atom stereocenters. The SMILES string of the molecule is CC(C)c1cccc(C(C)C)c1-n1c(-c2[c-]cccc2)nc2ccccc21.[2H]c1cc(C([2H])([2H])C(C)(C)C)cc(C([2H])([2H])[2H])c1-c1cc(-c2[c-]ccc3c2oc2cc(-c4ccccc4)ccc23)ncc1C([2H])([2H])[2H].[Ir+3].[c-]1ccccc1-c1ccccn1. The molecule has 0 saturated carbocycles. The van der Waals surface area contributed by atoms with Gasteiger partial charge in [0.2, 0.25) is 0 Å². The average molecular weight is 1200 g/mol. The smallest absolute Gasteiger partial charge is 0.501 e. The van der Waals surface area contributed by atoms with E-state index in [9.17, 15) is 0 Å². The maximum Gasteiger partial charge on any atom is 3.00 e. The third-order valence-corrected chi connectivity index (χ3v) is 13.2. The predicted octanol–water partition coefficient (Wildman–Crippen LogP) is 19.3. The van der Waals surface area contributed by atoms with Crippen LogP contribution < -0.4 is 0 Å². The van der Waals surface area contributed by atoms with Gasteiger partial charge in [0.25, 0.3) is 0 Å². The van der Waals surface area contributed by atoms with Crippen molar-refractivity contribution in [3.8, 4) is 61.8 Å². The molecule has 388 valence electrons. The molecule has 12 rings (SSSR count). The molecule has 0 atom stereocenters. The first kappa shape index (κ1) is 44.0. The van der Waals surface area contributed by atoms with Crippen molar-refractivity contribution in [1.82, 2.24) is 19.5 Å². The topological polar surface area (TPSA) is 56.7 Å². The fourth-order valence-electron chi connectivity index (χ4n) is 9.58. The molecule has 0 aliphatic carbocycles. The van der Waals surface area contributed by atoms with Crippen molar-refractivity contribution < 1.29 is 36.9 Å². The normalized spacial score (nSPS) is 13.5. The van der Waals surface area contributed by atoms with E-state index >= 15 is 0 Å². The number of hydrogen-bond acceptors (Lipinski definition) is 4. The molecule has 6 heteroatoms. The van der Waals surface area contributed by atoms with Crippen molar-refractivity contribution in [3.63, 3.8) is 0 Å². The molecule has 78 heavy (non-hydrogen) atoms. The molecule has 0 spiro atoms. The molecular formula is C72H65IrN4O. The van der Waals surface area contributed by atoms with Crippen molar-refractivity contribution in [2.45, 2.75) is 80.4 Å². The number of fused-ring (bicyclic) bond motifs is 4. The van der Waals surface area contributed by atoms with E-state index in [1.807, 2.05) is 115 Å². The minimum Gasteiger partial charge on any atom is -0.501 e. The third kappa shape index (κ3) is 12.1. The van der Waals surface area contributed by atoms with Crippen LogP contribution in [0.5, 0.6) is 0 Å². The second-order valence-electron chi connectivity index (χ2n) is 20.6. The average Bonchev–Trinajstić information content (AvgIpc) is 1.78. The Balaban J connectivity index is 0.000000187. The molecule has 0 N–H and O–H groups in total. The largest absolute Gasteiger partial charge is 3.00 e. The fourth-order valence-corrected chi connectivity index (χ4v) is 9.58. The molecule has 0 amide bonds. The van der Waals surface area contributed by atoms with Crippen LogP contribution in [0.15, 0.2) is 211 Å². The van der Waals surface area contributed by atoms with Gasteiger partial charge in [-0.1, -0.05) is 169 Å². The van der Waals surface area contributed by atoms with Crippen molar-refractivity contribution in [2.75, 3.05) is 0 Å². The molecule has 12 aromatic rings. The summed E-state index contributed by atoms with van der Waals surface area (Å²) < 4.78 is 85.1. The van der Waals surface area contributed by atoms with E-state index in [0.29, 0.717) is 28.6 Å². The van der Waals surface area contributed by atoms with Crippen molar-refractivity contribution in [2.24, 2.45) is 5.41 Å². The van der Waals surface area contributed by atoms with Gasteiger partial charge < -0.3 is 19.0 Å². The number of imidazole rings is 1. The summed E-state index contributed by atoms with van der Waals surface area (Å²) in [5.41, 5.74) is 11.5. The van der Waals surface area contributed by atoms with Crippen LogP contribution in [0.2, 0.25) is 0 Å². The second-order valence-corrected chi connectivity index (χ2v) is 20.6. The van der Waals surface area contributed by atoms with Crippen LogP contribution in [0, 0.1) is 37.3 Å². The van der Waals surface area contributed by atoms with Gasteiger partial charge in [0.15, 0.2) is 0 Å². The van der Waals surface area contributed by atoms with Crippen molar-refractivity contribution >= 4 is 33.0 Å². The monoisotopic (exact) mass is 1200 g/mol. The summed E-state index contributed by atoms with van der Waals surface area (Å²) in [4.78, 5) is 13.7. The van der Waals surface area contributed by atoms with E-state index in [0.717, 1.165) is 55.6 Å². The van der Waals surface area contributed by atoms with Gasteiger partial charge in [0, 0.05) is 34.4 Å². The second kappa shape index (κ2) is 24.1. The Morgan fingerprint density at radius 3 is 2.00 bits per heavy atom. The number of pyridine rings is 2. The molecule has 0 fully saturated rings. The van der Waals surface area contributed by atoms with Gasteiger partial charge in [-0.05, 0) is 123 Å². The van der Waals surface area contributed by atoms with Gasteiger partial charge in [-0.15, -0.1) is 90.0 Å². The number of hydrogen-bond donors (Lipinski definition) is 0. The van der Waals surface area contributed by atoms with E-state index < -0.39 is 25.5 Å². The standard InChI is InChI=1S/C36H32NO.C25H25N2.C11H8N.Ir/c1-23-18-25(21-36(3,4)5)14-16-28(23)32-20-33(37-22-24(32)2)31-13-9-12-30-29-17-15-27(19-34(29)38-35(30)31)26-10-7-6-8-11-26;1-17(2)20-13-10-14-21(18(3)4)24(20)27-23-16-9-8-15-22(23)26-25(27)19-11-6-5-7-12-19;1-2-6-10(7-3-1)11-8-4-5-9-12-11;/h6-12,14-20,22H,21H2,1-5H3;5-11,13-18H,1-4H3;1-6,8-9H;/q3*-1;+3/i1D3,2D3,16D,21D2;;;. The van der Waals surface area contributed by atoms with Gasteiger partial charge in [0.05, 0.1) is 23.8 Å². The van der Waals surface area contributed by atoms with Crippen LogP contribution in [0.25, 0.3) is 94.8 Å². The Kier molecular flexibility index (Phi) is 13.6. The molecular weight excluding hydrogens is 1130 g/mol. The van der Waals surface area contributed by atoms with E-state index in [4.69, 9.17) is 21.7 Å². The minimum absolute atomic E-state index is 0. The number of nitrogens with zero attached hydrogens (tertiary/aromatic N) is 4. The van der Waals surface area contributed by atoms with Crippen molar-refractivity contribution in [3.05, 3.63) is 253 Å². The Morgan fingerprint density at radius 2 is 1.32 bits per heavy atom. The maximum atomic E-state index is 8.98. The van der Waals surface area contributed by atoms with Gasteiger partial charge in [-0.3, -0.25) is 4.98 Å². The summed E-state index contributed by atoms with van der Waals surface area (Å²) in [6.07, 6.45) is 0.992. The van der Waals surface area contributed by atoms with Crippen LogP contribution in [0.4, 0.5) is 0 Å². The number of benzene rings is 8. The Labute approximate surface area is 487 Å². The van der Waals surface area contributed by atoms with E-state index in [1.54, 1.807) is 33.0 Å². The number of furan rings is 1. The number of aromatic nitrogens is 4. The van der Waals surface area contributed by atoms with Crippen LogP contribution in [-0.4, -0.2) is 19.5 Å². The van der Waals surface area contributed by atoms with E-state index in [2.05, 4.69) is 109 Å². The minimum atomic E-state index is -2.79. The first-order valence-corrected chi connectivity index (χ1v) is 26.0. The molecule has 8 aromatic carbocycles. The zero-order valence-electron chi connectivity index (χ0n) is 53.7. The van der Waals surface area contributed by atoms with E-state index in [-0.39, 0.29) is 59.7 Å². The molecule has 5 nitrogen and oxygen atoms in total. The first-order valence-electron chi connectivity index (χ1n) is 30.5. The molecule has 0 aliphatic rings.